The van der Waals surface area contributed by atoms with Crippen LogP contribution in [-0.2, 0) is 21.3 Å². The minimum absolute atomic E-state index is 0.0538. The van der Waals surface area contributed by atoms with E-state index in [0.717, 1.165) is 54.6 Å². The van der Waals surface area contributed by atoms with Gasteiger partial charge >= 0.3 is 6.18 Å². The summed E-state index contributed by atoms with van der Waals surface area (Å²) in [5.74, 6) is -1.66. The molecule has 1 aromatic heterocycles. The lowest BCUT2D eigenvalue weighted by atomic mass is 9.63. The van der Waals surface area contributed by atoms with Crippen molar-refractivity contribution in [3.8, 4) is 0 Å². The van der Waals surface area contributed by atoms with Gasteiger partial charge in [-0.25, -0.2) is 0 Å². The van der Waals surface area contributed by atoms with Crippen molar-refractivity contribution < 1.29 is 32.9 Å². The van der Waals surface area contributed by atoms with Crippen LogP contribution in [0.2, 0.25) is 0 Å². The Bertz CT molecular complexity index is 1210. The number of ether oxygens (including phenoxy) is 1. The maximum absolute atomic E-state index is 13.3. The van der Waals surface area contributed by atoms with Gasteiger partial charge in [0.15, 0.2) is 0 Å². The molecule has 1 saturated carbocycles. The summed E-state index contributed by atoms with van der Waals surface area (Å²) in [6.45, 7) is 7.89. The predicted octanol–water partition coefficient (Wildman–Crippen LogP) is 5.80. The van der Waals surface area contributed by atoms with Gasteiger partial charge in [0.2, 0.25) is 0 Å². The van der Waals surface area contributed by atoms with Crippen LogP contribution in [-0.4, -0.2) is 16.1 Å². The molecule has 2 heterocycles. The lowest BCUT2D eigenvalue weighted by Crippen LogP contribution is -2.38. The van der Waals surface area contributed by atoms with Crippen LogP contribution in [0.5, 0.6) is 0 Å². The number of carbonyl (C=O) groups excluding carboxylic acids is 1. The summed E-state index contributed by atoms with van der Waals surface area (Å²) < 4.78 is 46.6. The first-order valence-corrected chi connectivity index (χ1v) is 13.1. The Balaban J connectivity index is 1.77. The Morgan fingerprint density at radius 2 is 1.78 bits per heavy atom. The summed E-state index contributed by atoms with van der Waals surface area (Å²) in [5, 5.41) is 23.3. The number of hydrogen-bond acceptors (Lipinski definition) is 5. The van der Waals surface area contributed by atoms with Crippen molar-refractivity contribution in [3.05, 3.63) is 63.5 Å². The van der Waals surface area contributed by atoms with Gasteiger partial charge in [0.1, 0.15) is 6.10 Å². The number of halogens is 3. The van der Waals surface area contributed by atoms with E-state index in [9.17, 15) is 28.2 Å². The fraction of sp³-hybridized carbons (Fsp3) is 0.586. The molecule has 2 aromatic rings. The summed E-state index contributed by atoms with van der Waals surface area (Å²) in [6.07, 6.45) is -2.42. The number of aromatic nitrogens is 1. The number of rotatable bonds is 4. The van der Waals surface area contributed by atoms with Gasteiger partial charge in [-0.05, 0) is 60.3 Å². The first kappa shape index (κ1) is 26.2. The minimum atomic E-state index is -4.44. The molecule has 3 aliphatic rings. The van der Waals surface area contributed by atoms with Crippen LogP contribution in [0.25, 0.3) is 0 Å². The summed E-state index contributed by atoms with van der Waals surface area (Å²) >= 11 is 0. The van der Waals surface area contributed by atoms with E-state index < -0.39 is 46.9 Å². The molecule has 0 amide bonds. The van der Waals surface area contributed by atoms with Crippen LogP contribution in [0, 0.1) is 5.41 Å². The molecule has 1 aliphatic heterocycles. The number of carbonyl (C=O) groups is 1. The van der Waals surface area contributed by atoms with Crippen molar-refractivity contribution in [1.82, 2.24) is 4.98 Å². The fourth-order valence-electron chi connectivity index (χ4n) is 6.84. The molecule has 0 saturated heterocycles. The van der Waals surface area contributed by atoms with Gasteiger partial charge < -0.3 is 19.7 Å². The molecule has 1 N–H and O–H groups in total. The number of aliphatic carboxylic acids is 1. The molecule has 1 aromatic carbocycles. The highest BCUT2D eigenvalue weighted by Crippen LogP contribution is 2.61. The zero-order valence-electron chi connectivity index (χ0n) is 21.6. The number of fused-ring (bicyclic) bond motifs is 4. The van der Waals surface area contributed by atoms with Crippen molar-refractivity contribution in [2.24, 2.45) is 5.41 Å². The van der Waals surface area contributed by atoms with E-state index in [1.165, 1.54) is 12.1 Å². The highest BCUT2D eigenvalue weighted by atomic mass is 19.4. The first-order valence-electron chi connectivity index (χ1n) is 13.1. The summed E-state index contributed by atoms with van der Waals surface area (Å²) in [5.41, 5.74) is 2.39. The first-order chi connectivity index (χ1) is 17.2. The minimum Gasteiger partial charge on any atom is -0.550 e. The van der Waals surface area contributed by atoms with Gasteiger partial charge in [-0.3, -0.25) is 4.98 Å². The number of benzene rings is 1. The second-order valence-corrected chi connectivity index (χ2v) is 11.9. The Labute approximate surface area is 215 Å². The Morgan fingerprint density at radius 3 is 2.32 bits per heavy atom. The number of carboxylic acid groups (broad SMARTS) is 1. The fourth-order valence-corrected chi connectivity index (χ4v) is 6.84. The molecule has 5 rings (SSSR count). The highest BCUT2D eigenvalue weighted by molar-refractivity contribution is 5.67. The van der Waals surface area contributed by atoms with Crippen LogP contribution in [0.15, 0.2) is 24.3 Å². The third-order valence-electron chi connectivity index (χ3n) is 8.59. The molecule has 0 unspecified atom stereocenters. The smallest absolute Gasteiger partial charge is 0.416 e. The quantitative estimate of drug-likeness (QED) is 0.556. The van der Waals surface area contributed by atoms with Gasteiger partial charge in [0.25, 0.3) is 0 Å². The zero-order chi connectivity index (χ0) is 26.9. The number of hydrogen-bond donors (Lipinski definition) is 1. The molecule has 37 heavy (non-hydrogen) atoms. The summed E-state index contributed by atoms with van der Waals surface area (Å²) in [7, 11) is 0. The van der Waals surface area contributed by atoms with Crippen LogP contribution in [0.1, 0.15) is 129 Å². The second kappa shape index (κ2) is 8.80. The van der Waals surface area contributed by atoms with Gasteiger partial charge in [0.05, 0.1) is 23.0 Å². The van der Waals surface area contributed by atoms with Crippen LogP contribution >= 0.6 is 0 Å². The lowest BCUT2D eigenvalue weighted by Gasteiger charge is -2.44. The SMILES string of the molecule is CC(C)c1nc2c(c3c1[C@@H](c1ccc(C(F)(F)F)cc1)OC31CCCC1)[C@@H](O)CC(C)(C)[C@@H]2CC(=O)[O-]. The van der Waals surface area contributed by atoms with E-state index in [1.807, 2.05) is 27.7 Å². The maximum Gasteiger partial charge on any atom is 0.416 e. The Hall–Kier alpha value is -2.45. The third kappa shape index (κ3) is 4.26. The average molecular weight is 517 g/mol. The number of carboxylic acids is 1. The molecule has 200 valence electrons. The second-order valence-electron chi connectivity index (χ2n) is 11.9. The predicted molar refractivity (Wildman–Crippen MR) is 129 cm³/mol. The van der Waals surface area contributed by atoms with E-state index in [1.54, 1.807) is 0 Å². The largest absolute Gasteiger partial charge is 0.550 e. The van der Waals surface area contributed by atoms with Gasteiger partial charge in [0, 0.05) is 28.7 Å². The molecule has 0 bridgehead atoms. The Morgan fingerprint density at radius 1 is 1.16 bits per heavy atom. The normalized spacial score (nSPS) is 25.9. The van der Waals surface area contributed by atoms with Crippen molar-refractivity contribution in [2.75, 3.05) is 0 Å². The van der Waals surface area contributed by atoms with Crippen molar-refractivity contribution in [3.63, 3.8) is 0 Å². The van der Waals surface area contributed by atoms with Gasteiger partial charge in [-0.15, -0.1) is 0 Å². The molecule has 3 atom stereocenters. The maximum atomic E-state index is 13.3. The highest BCUT2D eigenvalue weighted by Gasteiger charge is 2.54. The number of aliphatic hydroxyl groups is 1. The van der Waals surface area contributed by atoms with Crippen LogP contribution in [0.4, 0.5) is 13.2 Å². The molecular weight excluding hydrogens is 483 g/mol. The topological polar surface area (TPSA) is 82.5 Å². The van der Waals surface area contributed by atoms with Crippen molar-refractivity contribution >= 4 is 5.97 Å². The summed E-state index contributed by atoms with van der Waals surface area (Å²) in [6, 6.07) is 5.08. The molecule has 1 fully saturated rings. The molecule has 5 nitrogen and oxygen atoms in total. The number of aliphatic hydroxyl groups excluding tert-OH is 1. The van der Waals surface area contributed by atoms with E-state index in [-0.39, 0.29) is 12.3 Å². The molecular formula is C29H33F3NO4-. The van der Waals surface area contributed by atoms with E-state index >= 15 is 0 Å². The molecule has 0 radical (unpaired) electrons. The summed E-state index contributed by atoms with van der Waals surface area (Å²) in [4.78, 5) is 16.8. The third-order valence-corrected chi connectivity index (χ3v) is 8.59. The standard InChI is InChI=1S/C29H34F3NO4/c1-15(2)24-22-23(21-19(34)14-27(3,4)18(13-20(35)36)25(21)33-24)28(11-5-6-12-28)37-26(22)16-7-9-17(10-8-16)29(30,31)32/h7-10,15,18-19,26,34H,5-6,11-14H2,1-4H3,(H,35,36)/p-1/t18-,19+,26-/m1/s1. The van der Waals surface area contributed by atoms with E-state index in [2.05, 4.69) is 0 Å². The number of nitrogens with zero attached hydrogens (tertiary/aromatic N) is 1. The van der Waals surface area contributed by atoms with Crippen LogP contribution < -0.4 is 5.11 Å². The number of alkyl halides is 3. The molecule has 8 heteroatoms. The van der Waals surface area contributed by atoms with Crippen molar-refractivity contribution in [2.45, 2.75) is 102 Å². The van der Waals surface area contributed by atoms with E-state index in [0.29, 0.717) is 23.2 Å². The average Bonchev–Trinajstić information content (AvgIpc) is 3.40. The lowest BCUT2D eigenvalue weighted by molar-refractivity contribution is -0.306. The number of pyridine rings is 1. The monoisotopic (exact) mass is 516 g/mol. The van der Waals surface area contributed by atoms with Gasteiger partial charge in [-0.1, -0.05) is 52.7 Å². The zero-order valence-corrected chi connectivity index (χ0v) is 21.6. The Kier molecular flexibility index (Phi) is 6.23. The van der Waals surface area contributed by atoms with Gasteiger partial charge in [-0.2, -0.15) is 13.2 Å². The van der Waals surface area contributed by atoms with Crippen molar-refractivity contribution in [1.29, 1.82) is 0 Å². The van der Waals surface area contributed by atoms with Crippen LogP contribution in [0.3, 0.4) is 0 Å². The molecule has 1 spiro atoms. The van der Waals surface area contributed by atoms with E-state index in [4.69, 9.17) is 9.72 Å². The molecule has 2 aliphatic carbocycles.